The Morgan fingerprint density at radius 1 is 1.30 bits per heavy atom. The van der Waals surface area contributed by atoms with Gasteiger partial charge in [-0.05, 0) is 37.0 Å². The Kier molecular flexibility index (Phi) is 5.18. The number of hydrogen-bond acceptors (Lipinski definition) is 4. The van der Waals surface area contributed by atoms with E-state index in [2.05, 4.69) is 5.32 Å². The summed E-state index contributed by atoms with van der Waals surface area (Å²) in [6.07, 6.45) is 5.48. The molecule has 1 aromatic carbocycles. The number of carbonyl (C=O) groups excluding carboxylic acids is 1. The molecule has 1 amide bonds. The number of amides is 1. The molecule has 0 aromatic heterocycles. The summed E-state index contributed by atoms with van der Waals surface area (Å²) in [6.45, 7) is 1.11. The zero-order valence-corrected chi connectivity index (χ0v) is 13.7. The first-order chi connectivity index (χ1) is 11.2. The smallest absolute Gasteiger partial charge is 0.220 e. The van der Waals surface area contributed by atoms with Crippen LogP contribution in [-0.2, 0) is 20.7 Å². The van der Waals surface area contributed by atoms with Gasteiger partial charge in [-0.15, -0.1) is 0 Å². The molecule has 1 saturated heterocycles. The summed E-state index contributed by atoms with van der Waals surface area (Å²) >= 11 is 0. The predicted molar refractivity (Wildman–Crippen MR) is 86.3 cm³/mol. The van der Waals surface area contributed by atoms with Crippen molar-refractivity contribution in [2.75, 3.05) is 20.3 Å². The summed E-state index contributed by atoms with van der Waals surface area (Å²) in [4.78, 5) is 12.0. The van der Waals surface area contributed by atoms with Gasteiger partial charge >= 0.3 is 0 Å². The van der Waals surface area contributed by atoms with E-state index in [1.807, 2.05) is 24.3 Å². The number of carbonyl (C=O) groups is 1. The highest BCUT2D eigenvalue weighted by Gasteiger charge is 2.43. The van der Waals surface area contributed by atoms with Crippen LogP contribution in [0, 0.1) is 0 Å². The minimum absolute atomic E-state index is 0.0157. The van der Waals surface area contributed by atoms with Crippen molar-refractivity contribution in [3.63, 3.8) is 0 Å². The van der Waals surface area contributed by atoms with Crippen LogP contribution in [-0.4, -0.2) is 38.1 Å². The Bertz CT molecular complexity index is 522. The third kappa shape index (κ3) is 4.24. The molecule has 1 heterocycles. The molecule has 5 nitrogen and oxygen atoms in total. The Balaban J connectivity index is 1.36. The number of hydrogen-bond donors (Lipinski definition) is 1. The molecule has 1 saturated carbocycles. The first-order valence-electron chi connectivity index (χ1n) is 8.40. The molecule has 2 aliphatic rings. The minimum atomic E-state index is -0.349. The number of ether oxygens (including phenoxy) is 3. The summed E-state index contributed by atoms with van der Waals surface area (Å²) in [6, 6.07) is 7.81. The summed E-state index contributed by atoms with van der Waals surface area (Å²) in [7, 11) is 1.65. The Labute approximate surface area is 137 Å². The highest BCUT2D eigenvalue weighted by molar-refractivity contribution is 5.76. The van der Waals surface area contributed by atoms with Crippen molar-refractivity contribution in [3.05, 3.63) is 29.8 Å². The molecule has 1 aliphatic carbocycles. The molecule has 1 N–H and O–H groups in total. The monoisotopic (exact) mass is 319 g/mol. The van der Waals surface area contributed by atoms with Crippen LogP contribution < -0.4 is 10.1 Å². The lowest BCUT2D eigenvalue weighted by Gasteiger charge is -2.21. The molecule has 1 unspecified atom stereocenters. The van der Waals surface area contributed by atoms with Crippen LogP contribution in [0.25, 0.3) is 0 Å². The van der Waals surface area contributed by atoms with Gasteiger partial charge in [0.2, 0.25) is 5.91 Å². The molecule has 2 fully saturated rings. The molecule has 0 radical (unpaired) electrons. The van der Waals surface area contributed by atoms with Crippen molar-refractivity contribution in [2.45, 2.75) is 50.4 Å². The van der Waals surface area contributed by atoms with E-state index in [0.717, 1.165) is 30.6 Å². The Hall–Kier alpha value is -1.59. The van der Waals surface area contributed by atoms with Gasteiger partial charge in [0, 0.05) is 25.8 Å². The average Bonchev–Trinajstić information content (AvgIpc) is 3.21. The lowest BCUT2D eigenvalue weighted by molar-refractivity contribution is -0.161. The Morgan fingerprint density at radius 3 is 2.74 bits per heavy atom. The van der Waals surface area contributed by atoms with E-state index < -0.39 is 0 Å². The van der Waals surface area contributed by atoms with Gasteiger partial charge in [-0.1, -0.05) is 12.1 Å². The normalized spacial score (nSPS) is 22.4. The van der Waals surface area contributed by atoms with E-state index in [-0.39, 0.29) is 17.8 Å². The van der Waals surface area contributed by atoms with Crippen molar-refractivity contribution < 1.29 is 19.0 Å². The van der Waals surface area contributed by atoms with Gasteiger partial charge in [-0.25, -0.2) is 0 Å². The highest BCUT2D eigenvalue weighted by Crippen LogP contribution is 2.38. The summed E-state index contributed by atoms with van der Waals surface area (Å²) in [5.41, 5.74) is 1.13. The third-order valence-corrected chi connectivity index (χ3v) is 4.61. The van der Waals surface area contributed by atoms with Gasteiger partial charge < -0.3 is 19.5 Å². The van der Waals surface area contributed by atoms with E-state index in [9.17, 15) is 4.79 Å². The maximum Gasteiger partial charge on any atom is 0.220 e. The largest absolute Gasteiger partial charge is 0.497 e. The molecule has 0 bridgehead atoms. The second kappa shape index (κ2) is 7.32. The SMILES string of the molecule is COc1ccc(CCC(=O)NCC2COC3(CCCC3)O2)cc1. The second-order valence-corrected chi connectivity index (χ2v) is 6.32. The highest BCUT2D eigenvalue weighted by atomic mass is 16.7. The van der Waals surface area contributed by atoms with Gasteiger partial charge in [-0.3, -0.25) is 4.79 Å². The lowest BCUT2D eigenvalue weighted by Crippen LogP contribution is -2.35. The fourth-order valence-corrected chi connectivity index (χ4v) is 3.26. The van der Waals surface area contributed by atoms with Gasteiger partial charge in [0.25, 0.3) is 0 Å². The van der Waals surface area contributed by atoms with Gasteiger partial charge in [0.1, 0.15) is 11.9 Å². The fourth-order valence-electron chi connectivity index (χ4n) is 3.26. The summed E-state index contributed by atoms with van der Waals surface area (Å²) in [5.74, 6) is 0.535. The first-order valence-corrected chi connectivity index (χ1v) is 8.40. The van der Waals surface area contributed by atoms with Crippen molar-refractivity contribution in [3.8, 4) is 5.75 Å². The predicted octanol–water partition coefficient (Wildman–Crippen LogP) is 2.43. The van der Waals surface area contributed by atoms with Crippen LogP contribution in [0.4, 0.5) is 0 Å². The first kappa shape index (κ1) is 16.3. The van der Waals surface area contributed by atoms with Crippen molar-refractivity contribution >= 4 is 5.91 Å². The van der Waals surface area contributed by atoms with Crippen LogP contribution in [0.3, 0.4) is 0 Å². The molecule has 1 atom stereocenters. The summed E-state index contributed by atoms with van der Waals surface area (Å²) < 4.78 is 16.9. The summed E-state index contributed by atoms with van der Waals surface area (Å²) in [5, 5.41) is 2.96. The quantitative estimate of drug-likeness (QED) is 0.875. The van der Waals surface area contributed by atoms with Crippen LogP contribution in [0.5, 0.6) is 5.75 Å². The maximum absolute atomic E-state index is 12.0. The van der Waals surface area contributed by atoms with Crippen LogP contribution in [0.2, 0.25) is 0 Å². The Morgan fingerprint density at radius 2 is 2.04 bits per heavy atom. The van der Waals surface area contributed by atoms with E-state index in [1.165, 1.54) is 12.8 Å². The van der Waals surface area contributed by atoms with E-state index in [1.54, 1.807) is 7.11 Å². The zero-order chi connectivity index (χ0) is 16.1. The molecule has 1 spiro atoms. The maximum atomic E-state index is 12.0. The number of aryl methyl sites for hydroxylation is 1. The molecule has 5 heteroatoms. The van der Waals surface area contributed by atoms with Crippen LogP contribution in [0.1, 0.15) is 37.7 Å². The van der Waals surface area contributed by atoms with Crippen LogP contribution >= 0.6 is 0 Å². The molecular weight excluding hydrogens is 294 g/mol. The fraction of sp³-hybridized carbons (Fsp3) is 0.611. The molecule has 1 aliphatic heterocycles. The standard InChI is InChI=1S/C18H25NO4/c1-21-15-7-4-14(5-8-15)6-9-17(20)19-12-16-13-22-18(23-16)10-2-3-11-18/h4-5,7-8,16H,2-3,6,9-13H2,1H3,(H,19,20). The second-order valence-electron chi connectivity index (χ2n) is 6.32. The number of benzene rings is 1. The number of nitrogens with one attached hydrogen (secondary N) is 1. The molecule has 3 rings (SSSR count). The molecule has 1 aromatic rings. The van der Waals surface area contributed by atoms with Crippen molar-refractivity contribution in [1.82, 2.24) is 5.32 Å². The van der Waals surface area contributed by atoms with Gasteiger partial charge in [0.05, 0.1) is 13.7 Å². The van der Waals surface area contributed by atoms with Crippen molar-refractivity contribution in [1.29, 1.82) is 0 Å². The average molecular weight is 319 g/mol. The zero-order valence-electron chi connectivity index (χ0n) is 13.7. The number of rotatable bonds is 6. The molecule has 23 heavy (non-hydrogen) atoms. The van der Waals surface area contributed by atoms with E-state index in [4.69, 9.17) is 14.2 Å². The third-order valence-electron chi connectivity index (χ3n) is 4.61. The van der Waals surface area contributed by atoms with Gasteiger partial charge in [0.15, 0.2) is 5.79 Å². The van der Waals surface area contributed by atoms with Crippen LogP contribution in [0.15, 0.2) is 24.3 Å². The molecular formula is C18H25NO4. The topological polar surface area (TPSA) is 56.8 Å². The number of methoxy groups -OCH3 is 1. The van der Waals surface area contributed by atoms with Gasteiger partial charge in [-0.2, -0.15) is 0 Å². The minimum Gasteiger partial charge on any atom is -0.497 e. The molecule has 126 valence electrons. The van der Waals surface area contributed by atoms with E-state index >= 15 is 0 Å². The van der Waals surface area contributed by atoms with E-state index in [0.29, 0.717) is 19.6 Å². The van der Waals surface area contributed by atoms with Crippen molar-refractivity contribution in [2.24, 2.45) is 0 Å². The lowest BCUT2D eigenvalue weighted by atomic mass is 10.1.